The third-order valence-electron chi connectivity index (χ3n) is 3.69. The fraction of sp³-hybridized carbons (Fsp3) is 0.294. The second-order valence-corrected chi connectivity index (χ2v) is 5.24. The monoisotopic (exact) mass is 283 g/mol. The zero-order valence-electron chi connectivity index (χ0n) is 12.4. The Bertz CT molecular complexity index is 581. The molecular formula is C17H21N3O. The molecule has 1 aromatic heterocycles. The van der Waals surface area contributed by atoms with E-state index in [9.17, 15) is 4.79 Å². The SMILES string of the molecule is CCC(C)C(C(=O)Nc1ccc(N)cn1)c1ccccc1. The molecule has 0 spiro atoms. The summed E-state index contributed by atoms with van der Waals surface area (Å²) in [6.07, 6.45) is 2.47. The van der Waals surface area contributed by atoms with Gasteiger partial charge < -0.3 is 11.1 Å². The number of rotatable bonds is 5. The van der Waals surface area contributed by atoms with E-state index in [-0.39, 0.29) is 17.7 Å². The molecule has 3 N–H and O–H groups in total. The lowest BCUT2D eigenvalue weighted by atomic mass is 9.85. The van der Waals surface area contributed by atoms with E-state index in [1.54, 1.807) is 12.1 Å². The summed E-state index contributed by atoms with van der Waals surface area (Å²) in [5.41, 5.74) is 7.21. The van der Waals surface area contributed by atoms with Crippen LogP contribution < -0.4 is 11.1 Å². The number of nitrogens with zero attached hydrogens (tertiary/aromatic N) is 1. The van der Waals surface area contributed by atoms with E-state index in [0.29, 0.717) is 11.5 Å². The summed E-state index contributed by atoms with van der Waals surface area (Å²) in [4.78, 5) is 16.7. The molecular weight excluding hydrogens is 262 g/mol. The van der Waals surface area contributed by atoms with Gasteiger partial charge in [-0.15, -0.1) is 0 Å². The predicted molar refractivity (Wildman–Crippen MR) is 85.9 cm³/mol. The highest BCUT2D eigenvalue weighted by atomic mass is 16.2. The number of amides is 1. The Balaban J connectivity index is 2.20. The molecule has 4 heteroatoms. The number of carbonyl (C=O) groups excluding carboxylic acids is 1. The maximum Gasteiger partial charge on any atom is 0.233 e. The topological polar surface area (TPSA) is 68.0 Å². The summed E-state index contributed by atoms with van der Waals surface area (Å²) in [6, 6.07) is 13.3. The molecule has 4 nitrogen and oxygen atoms in total. The van der Waals surface area contributed by atoms with Crippen molar-refractivity contribution in [1.82, 2.24) is 4.98 Å². The summed E-state index contributed by atoms with van der Waals surface area (Å²) in [5, 5.41) is 2.88. The number of nitrogens with two attached hydrogens (primary N) is 1. The molecule has 0 aliphatic carbocycles. The van der Waals surface area contributed by atoms with Gasteiger partial charge in [0, 0.05) is 0 Å². The van der Waals surface area contributed by atoms with Crippen molar-refractivity contribution in [2.24, 2.45) is 5.92 Å². The molecule has 110 valence electrons. The number of pyridine rings is 1. The van der Waals surface area contributed by atoms with Gasteiger partial charge in [-0.25, -0.2) is 4.98 Å². The molecule has 0 saturated heterocycles. The summed E-state index contributed by atoms with van der Waals surface area (Å²) >= 11 is 0. The molecule has 0 fully saturated rings. The average Bonchev–Trinajstić information content (AvgIpc) is 2.50. The van der Waals surface area contributed by atoms with Gasteiger partial charge >= 0.3 is 0 Å². The third kappa shape index (κ3) is 3.81. The summed E-state index contributed by atoms with van der Waals surface area (Å²) < 4.78 is 0. The lowest BCUT2D eigenvalue weighted by Gasteiger charge is -2.22. The molecule has 1 aromatic carbocycles. The first-order valence-corrected chi connectivity index (χ1v) is 7.19. The Morgan fingerprint density at radius 3 is 2.52 bits per heavy atom. The maximum absolute atomic E-state index is 12.6. The van der Waals surface area contributed by atoms with Crippen LogP contribution in [0.25, 0.3) is 0 Å². The van der Waals surface area contributed by atoms with Crippen molar-refractivity contribution >= 4 is 17.4 Å². The van der Waals surface area contributed by atoms with Crippen molar-refractivity contribution in [2.75, 3.05) is 11.1 Å². The van der Waals surface area contributed by atoms with Gasteiger partial charge in [-0.05, 0) is 23.6 Å². The molecule has 0 radical (unpaired) electrons. The van der Waals surface area contributed by atoms with Crippen LogP contribution in [-0.2, 0) is 4.79 Å². The number of nitrogen functional groups attached to an aromatic ring is 1. The van der Waals surface area contributed by atoms with Crippen LogP contribution in [0, 0.1) is 5.92 Å². The Hall–Kier alpha value is -2.36. The first-order valence-electron chi connectivity index (χ1n) is 7.19. The van der Waals surface area contributed by atoms with Crippen LogP contribution in [0.4, 0.5) is 11.5 Å². The standard InChI is InChI=1S/C17H21N3O/c1-3-12(2)16(13-7-5-4-6-8-13)17(21)20-15-10-9-14(18)11-19-15/h4-12,16H,3,18H2,1-2H3,(H,19,20,21). The van der Waals surface area contributed by atoms with E-state index >= 15 is 0 Å². The number of benzene rings is 1. The fourth-order valence-corrected chi connectivity index (χ4v) is 2.32. The number of aromatic nitrogens is 1. The normalized spacial score (nSPS) is 13.4. The molecule has 0 bridgehead atoms. The van der Waals surface area contributed by atoms with Gasteiger partial charge in [-0.3, -0.25) is 4.79 Å². The molecule has 2 aromatic rings. The van der Waals surface area contributed by atoms with Crippen LogP contribution >= 0.6 is 0 Å². The first-order chi connectivity index (χ1) is 10.1. The van der Waals surface area contributed by atoms with Gasteiger partial charge in [0.15, 0.2) is 0 Å². The maximum atomic E-state index is 12.6. The molecule has 2 unspecified atom stereocenters. The van der Waals surface area contributed by atoms with Crippen LogP contribution in [0.1, 0.15) is 31.7 Å². The van der Waals surface area contributed by atoms with E-state index in [2.05, 4.69) is 24.1 Å². The molecule has 1 heterocycles. The fourth-order valence-electron chi connectivity index (χ4n) is 2.32. The van der Waals surface area contributed by atoms with Crippen molar-refractivity contribution in [3.8, 4) is 0 Å². The smallest absolute Gasteiger partial charge is 0.233 e. The second kappa shape index (κ2) is 6.88. The van der Waals surface area contributed by atoms with Crippen LogP contribution in [-0.4, -0.2) is 10.9 Å². The Labute approximate surface area is 125 Å². The lowest BCUT2D eigenvalue weighted by molar-refractivity contribution is -0.118. The van der Waals surface area contributed by atoms with Gasteiger partial charge in [-0.2, -0.15) is 0 Å². The van der Waals surface area contributed by atoms with E-state index in [4.69, 9.17) is 5.73 Å². The lowest BCUT2D eigenvalue weighted by Crippen LogP contribution is -2.26. The molecule has 21 heavy (non-hydrogen) atoms. The number of hydrogen-bond donors (Lipinski definition) is 2. The minimum absolute atomic E-state index is 0.0344. The Morgan fingerprint density at radius 2 is 1.95 bits per heavy atom. The quantitative estimate of drug-likeness (QED) is 0.883. The van der Waals surface area contributed by atoms with Crippen LogP contribution in [0.3, 0.4) is 0 Å². The second-order valence-electron chi connectivity index (χ2n) is 5.24. The van der Waals surface area contributed by atoms with Crippen molar-refractivity contribution < 1.29 is 4.79 Å². The van der Waals surface area contributed by atoms with E-state index in [1.807, 2.05) is 30.3 Å². The van der Waals surface area contributed by atoms with Gasteiger partial charge in [0.05, 0.1) is 17.8 Å². The number of hydrogen-bond acceptors (Lipinski definition) is 3. The number of nitrogens with one attached hydrogen (secondary N) is 1. The van der Waals surface area contributed by atoms with Crippen molar-refractivity contribution in [3.05, 3.63) is 54.2 Å². The van der Waals surface area contributed by atoms with Crippen LogP contribution in [0.2, 0.25) is 0 Å². The molecule has 0 aliphatic rings. The third-order valence-corrected chi connectivity index (χ3v) is 3.69. The first kappa shape index (κ1) is 15.0. The van der Waals surface area contributed by atoms with E-state index < -0.39 is 0 Å². The van der Waals surface area contributed by atoms with Gasteiger partial charge in [0.2, 0.25) is 5.91 Å². The highest BCUT2D eigenvalue weighted by molar-refractivity contribution is 5.95. The number of carbonyl (C=O) groups is 1. The van der Waals surface area contributed by atoms with Gasteiger partial charge in [0.25, 0.3) is 0 Å². The summed E-state index contributed by atoms with van der Waals surface area (Å²) in [5.74, 6) is 0.558. The molecule has 1 amide bonds. The van der Waals surface area contributed by atoms with Crippen LogP contribution in [0.15, 0.2) is 48.7 Å². The highest BCUT2D eigenvalue weighted by Gasteiger charge is 2.25. The van der Waals surface area contributed by atoms with E-state index in [1.165, 1.54) is 6.20 Å². The zero-order valence-corrected chi connectivity index (χ0v) is 12.4. The van der Waals surface area contributed by atoms with Crippen LogP contribution in [0.5, 0.6) is 0 Å². The van der Waals surface area contributed by atoms with Crippen molar-refractivity contribution in [1.29, 1.82) is 0 Å². The Morgan fingerprint density at radius 1 is 1.24 bits per heavy atom. The largest absolute Gasteiger partial charge is 0.397 e. The van der Waals surface area contributed by atoms with Crippen molar-refractivity contribution in [2.45, 2.75) is 26.2 Å². The Kier molecular flexibility index (Phi) is 4.93. The van der Waals surface area contributed by atoms with Gasteiger partial charge in [-0.1, -0.05) is 50.6 Å². The number of anilines is 2. The predicted octanol–water partition coefficient (Wildman–Crippen LogP) is 3.43. The van der Waals surface area contributed by atoms with Gasteiger partial charge in [0.1, 0.15) is 5.82 Å². The average molecular weight is 283 g/mol. The minimum Gasteiger partial charge on any atom is -0.397 e. The zero-order chi connectivity index (χ0) is 15.2. The molecule has 0 saturated carbocycles. The summed E-state index contributed by atoms with van der Waals surface area (Å²) in [6.45, 7) is 4.18. The molecule has 0 aliphatic heterocycles. The summed E-state index contributed by atoms with van der Waals surface area (Å²) in [7, 11) is 0. The molecule has 2 atom stereocenters. The van der Waals surface area contributed by atoms with Crippen molar-refractivity contribution in [3.63, 3.8) is 0 Å². The molecule has 2 rings (SSSR count). The van der Waals surface area contributed by atoms with E-state index in [0.717, 1.165) is 12.0 Å². The highest BCUT2D eigenvalue weighted by Crippen LogP contribution is 2.28. The minimum atomic E-state index is -0.185.